The molecule has 0 saturated heterocycles. The Morgan fingerprint density at radius 2 is 2.35 bits per heavy atom. The number of carbonyl (C=O) groups is 1. The van der Waals surface area contributed by atoms with E-state index in [9.17, 15) is 10.1 Å². The first-order chi connectivity index (χ1) is 9.61. The van der Waals surface area contributed by atoms with Crippen LogP contribution < -0.4 is 5.32 Å². The lowest BCUT2D eigenvalue weighted by Gasteiger charge is -2.05. The minimum atomic E-state index is -0.209. The van der Waals surface area contributed by atoms with Gasteiger partial charge in [0.25, 0.3) is 5.91 Å². The first kappa shape index (κ1) is 12.9. The molecule has 6 heteroatoms. The molecule has 102 valence electrons. The van der Waals surface area contributed by atoms with Crippen molar-refractivity contribution in [3.05, 3.63) is 33.5 Å². The molecule has 2 heterocycles. The van der Waals surface area contributed by atoms with E-state index in [2.05, 4.69) is 16.5 Å². The van der Waals surface area contributed by atoms with E-state index in [1.807, 2.05) is 6.92 Å². The second-order valence-corrected chi connectivity index (χ2v) is 6.03. The van der Waals surface area contributed by atoms with E-state index in [1.165, 1.54) is 16.2 Å². The Bertz CT molecular complexity index is 716. The van der Waals surface area contributed by atoms with E-state index in [0.717, 1.165) is 30.4 Å². The first-order valence-electron chi connectivity index (χ1n) is 6.46. The van der Waals surface area contributed by atoms with E-state index in [-0.39, 0.29) is 5.91 Å². The summed E-state index contributed by atoms with van der Waals surface area (Å²) in [6.45, 7) is 1.85. The molecule has 0 unspecified atom stereocenters. The van der Waals surface area contributed by atoms with E-state index in [4.69, 9.17) is 0 Å². The van der Waals surface area contributed by atoms with Crippen molar-refractivity contribution in [3.8, 4) is 6.07 Å². The summed E-state index contributed by atoms with van der Waals surface area (Å²) in [4.78, 5) is 13.6. The van der Waals surface area contributed by atoms with Crippen molar-refractivity contribution in [1.82, 2.24) is 9.78 Å². The quantitative estimate of drug-likeness (QED) is 0.921. The van der Waals surface area contributed by atoms with Gasteiger partial charge in [-0.15, -0.1) is 11.3 Å². The number of anilines is 1. The molecule has 0 radical (unpaired) electrons. The molecular weight excluding hydrogens is 272 g/mol. The number of rotatable bonds is 2. The van der Waals surface area contributed by atoms with Crippen molar-refractivity contribution in [1.29, 1.82) is 5.26 Å². The van der Waals surface area contributed by atoms with Crippen LogP contribution in [-0.2, 0) is 19.9 Å². The van der Waals surface area contributed by atoms with Crippen molar-refractivity contribution >= 4 is 22.2 Å². The molecule has 2 aromatic rings. The minimum Gasteiger partial charge on any atom is -0.311 e. The Morgan fingerprint density at radius 3 is 3.00 bits per heavy atom. The first-order valence-corrected chi connectivity index (χ1v) is 7.28. The van der Waals surface area contributed by atoms with Crippen LogP contribution in [-0.4, -0.2) is 15.7 Å². The summed E-state index contributed by atoms with van der Waals surface area (Å²) in [5.74, 6) is -0.209. The third kappa shape index (κ3) is 1.91. The number of carbonyl (C=O) groups excluding carboxylic acids is 1. The molecule has 1 amide bonds. The number of thiophene rings is 1. The number of hydrogen-bond donors (Lipinski definition) is 1. The van der Waals surface area contributed by atoms with E-state index in [0.29, 0.717) is 16.3 Å². The lowest BCUT2D eigenvalue weighted by molar-refractivity contribution is 0.101. The van der Waals surface area contributed by atoms with Gasteiger partial charge < -0.3 is 5.32 Å². The van der Waals surface area contributed by atoms with Crippen molar-refractivity contribution in [3.63, 3.8) is 0 Å². The number of aryl methyl sites for hydroxylation is 3. The van der Waals surface area contributed by atoms with Gasteiger partial charge in [0.1, 0.15) is 16.8 Å². The fraction of sp³-hybridized carbons (Fsp3) is 0.357. The Labute approximate surface area is 120 Å². The SMILES string of the molecule is Cc1cnn(C)c1C(=O)Nc1sc2c(c1C#N)CCC2. The molecule has 1 N–H and O–H groups in total. The lowest BCUT2D eigenvalue weighted by Crippen LogP contribution is -2.17. The summed E-state index contributed by atoms with van der Waals surface area (Å²) in [5, 5.41) is 16.9. The molecule has 3 rings (SSSR count). The van der Waals surface area contributed by atoms with Crippen LogP contribution in [0, 0.1) is 18.3 Å². The van der Waals surface area contributed by atoms with Crippen molar-refractivity contribution in [2.45, 2.75) is 26.2 Å². The molecule has 20 heavy (non-hydrogen) atoms. The molecule has 0 aromatic carbocycles. The van der Waals surface area contributed by atoms with Gasteiger partial charge in [-0.3, -0.25) is 9.48 Å². The molecule has 0 aliphatic heterocycles. The number of fused-ring (bicyclic) bond motifs is 1. The highest BCUT2D eigenvalue weighted by atomic mass is 32.1. The maximum absolute atomic E-state index is 12.3. The Kier molecular flexibility index (Phi) is 3.07. The molecule has 1 aliphatic rings. The predicted octanol–water partition coefficient (Wildman–Crippen LogP) is 2.40. The maximum atomic E-state index is 12.3. The summed E-state index contributed by atoms with van der Waals surface area (Å²) in [6, 6.07) is 2.23. The standard InChI is InChI=1S/C14H14N4OS/c1-8-7-16-18(2)12(8)13(19)17-14-10(6-15)9-4-3-5-11(9)20-14/h7H,3-5H2,1-2H3,(H,17,19). The van der Waals surface area contributed by atoms with Crippen LogP contribution in [0.2, 0.25) is 0 Å². The van der Waals surface area contributed by atoms with Crippen LogP contribution >= 0.6 is 11.3 Å². The average molecular weight is 286 g/mol. The second-order valence-electron chi connectivity index (χ2n) is 4.93. The van der Waals surface area contributed by atoms with Crippen LogP contribution in [0.3, 0.4) is 0 Å². The third-order valence-corrected chi connectivity index (χ3v) is 4.80. The van der Waals surface area contributed by atoms with Gasteiger partial charge in [-0.25, -0.2) is 0 Å². The van der Waals surface area contributed by atoms with Crippen molar-refractivity contribution in [2.75, 3.05) is 5.32 Å². The zero-order chi connectivity index (χ0) is 14.3. The molecule has 0 spiro atoms. The number of hydrogen-bond acceptors (Lipinski definition) is 4. The van der Waals surface area contributed by atoms with Crippen LogP contribution in [0.4, 0.5) is 5.00 Å². The summed E-state index contributed by atoms with van der Waals surface area (Å²) < 4.78 is 1.55. The van der Waals surface area contributed by atoms with Crippen LogP contribution in [0.15, 0.2) is 6.20 Å². The van der Waals surface area contributed by atoms with Crippen LogP contribution in [0.25, 0.3) is 0 Å². The fourth-order valence-electron chi connectivity index (χ4n) is 2.65. The molecule has 0 fully saturated rings. The highest BCUT2D eigenvalue weighted by molar-refractivity contribution is 7.16. The fourth-order valence-corrected chi connectivity index (χ4v) is 3.88. The van der Waals surface area contributed by atoms with Crippen molar-refractivity contribution in [2.24, 2.45) is 7.05 Å². The number of amides is 1. The normalized spacial score (nSPS) is 13.1. The Hall–Kier alpha value is -2.13. The smallest absolute Gasteiger partial charge is 0.274 e. The Morgan fingerprint density at radius 1 is 1.55 bits per heavy atom. The highest BCUT2D eigenvalue weighted by Crippen LogP contribution is 2.38. The van der Waals surface area contributed by atoms with E-state index >= 15 is 0 Å². The largest absolute Gasteiger partial charge is 0.311 e. The molecule has 0 saturated carbocycles. The molecule has 2 aromatic heterocycles. The van der Waals surface area contributed by atoms with Gasteiger partial charge in [0.05, 0.1) is 11.8 Å². The molecule has 1 aliphatic carbocycles. The third-order valence-electron chi connectivity index (χ3n) is 3.60. The predicted molar refractivity (Wildman–Crippen MR) is 77.0 cm³/mol. The van der Waals surface area contributed by atoms with Gasteiger partial charge in [-0.2, -0.15) is 10.4 Å². The van der Waals surface area contributed by atoms with Gasteiger partial charge in [0, 0.05) is 11.9 Å². The average Bonchev–Trinajstić information content (AvgIpc) is 3.04. The monoisotopic (exact) mass is 286 g/mol. The van der Waals surface area contributed by atoms with Crippen molar-refractivity contribution < 1.29 is 4.79 Å². The zero-order valence-corrected chi connectivity index (χ0v) is 12.2. The highest BCUT2D eigenvalue weighted by Gasteiger charge is 2.24. The van der Waals surface area contributed by atoms with Crippen LogP contribution in [0.5, 0.6) is 0 Å². The molecular formula is C14H14N4OS. The second kappa shape index (κ2) is 4.76. The number of aromatic nitrogens is 2. The van der Waals surface area contributed by atoms with Gasteiger partial charge in [-0.1, -0.05) is 0 Å². The van der Waals surface area contributed by atoms with Gasteiger partial charge >= 0.3 is 0 Å². The summed E-state index contributed by atoms with van der Waals surface area (Å²) >= 11 is 1.53. The topological polar surface area (TPSA) is 70.7 Å². The van der Waals surface area contributed by atoms with Gasteiger partial charge in [0.15, 0.2) is 0 Å². The molecule has 0 atom stereocenters. The number of nitrogens with zero attached hydrogens (tertiary/aromatic N) is 3. The number of nitrogens with one attached hydrogen (secondary N) is 1. The molecule has 5 nitrogen and oxygen atoms in total. The van der Waals surface area contributed by atoms with Crippen LogP contribution in [0.1, 0.15) is 38.5 Å². The molecule has 0 bridgehead atoms. The Balaban J connectivity index is 1.93. The lowest BCUT2D eigenvalue weighted by atomic mass is 10.1. The van der Waals surface area contributed by atoms with Gasteiger partial charge in [0.2, 0.25) is 0 Å². The van der Waals surface area contributed by atoms with E-state index < -0.39 is 0 Å². The zero-order valence-electron chi connectivity index (χ0n) is 11.4. The van der Waals surface area contributed by atoms with Gasteiger partial charge in [-0.05, 0) is 37.3 Å². The van der Waals surface area contributed by atoms with E-state index in [1.54, 1.807) is 17.9 Å². The maximum Gasteiger partial charge on any atom is 0.274 e. The number of nitriles is 1. The summed E-state index contributed by atoms with van der Waals surface area (Å²) in [5.41, 5.74) is 3.11. The minimum absolute atomic E-state index is 0.209. The summed E-state index contributed by atoms with van der Waals surface area (Å²) in [7, 11) is 1.74. The summed E-state index contributed by atoms with van der Waals surface area (Å²) in [6.07, 6.45) is 4.71.